The maximum Gasteiger partial charge on any atom is 0.222 e. The molecule has 0 aliphatic carbocycles. The molecule has 0 aliphatic heterocycles. The number of rotatable bonds is 5. The second kappa shape index (κ2) is 7.52. The number of carbonyl (C=O) groups excluding carboxylic acids is 1. The maximum absolute atomic E-state index is 12.2. The highest BCUT2D eigenvalue weighted by Crippen LogP contribution is 2.26. The van der Waals surface area contributed by atoms with E-state index in [0.29, 0.717) is 29.4 Å². The van der Waals surface area contributed by atoms with E-state index in [2.05, 4.69) is 0 Å². The second-order valence-corrected chi connectivity index (χ2v) is 5.88. The van der Waals surface area contributed by atoms with Gasteiger partial charge >= 0.3 is 0 Å². The Morgan fingerprint density at radius 2 is 1.77 bits per heavy atom. The van der Waals surface area contributed by atoms with E-state index in [0.717, 1.165) is 11.1 Å². The quantitative estimate of drug-likeness (QED) is 0.883. The van der Waals surface area contributed by atoms with E-state index in [1.165, 1.54) is 0 Å². The van der Waals surface area contributed by atoms with Crippen LogP contribution in [0.15, 0.2) is 42.5 Å². The number of para-hydroxylation sites is 1. The lowest BCUT2D eigenvalue weighted by Crippen LogP contribution is -2.26. The Hall–Kier alpha value is -1.71. The summed E-state index contributed by atoms with van der Waals surface area (Å²) in [4.78, 5) is 13.8. The van der Waals surface area contributed by atoms with Gasteiger partial charge in [0.15, 0.2) is 0 Å². The van der Waals surface area contributed by atoms with Gasteiger partial charge in [-0.2, -0.15) is 0 Å². The number of amides is 1. The average Bonchev–Trinajstić information content (AvgIpc) is 2.50. The molecule has 22 heavy (non-hydrogen) atoms. The van der Waals surface area contributed by atoms with Crippen molar-refractivity contribution in [3.8, 4) is 5.75 Å². The molecule has 0 heterocycles. The fourth-order valence-electron chi connectivity index (χ4n) is 2.17. The van der Waals surface area contributed by atoms with Gasteiger partial charge in [0.2, 0.25) is 5.91 Å². The van der Waals surface area contributed by atoms with Gasteiger partial charge in [-0.15, -0.1) is 0 Å². The van der Waals surface area contributed by atoms with Crippen LogP contribution in [0.1, 0.15) is 17.5 Å². The molecule has 1 N–H and O–H groups in total. The number of benzene rings is 2. The Bertz CT molecular complexity index is 673. The molecule has 2 rings (SSSR count). The van der Waals surface area contributed by atoms with Crippen molar-refractivity contribution in [2.24, 2.45) is 0 Å². The van der Waals surface area contributed by atoms with Gasteiger partial charge in [0.05, 0.1) is 10.0 Å². The topological polar surface area (TPSA) is 40.5 Å². The minimum atomic E-state index is -0.0145. The minimum absolute atomic E-state index is 0.0145. The molecular formula is C17H17Cl2NO2. The molecule has 3 nitrogen and oxygen atoms in total. The van der Waals surface area contributed by atoms with Crippen molar-refractivity contribution in [3.05, 3.63) is 63.6 Å². The zero-order valence-electron chi connectivity index (χ0n) is 12.2. The summed E-state index contributed by atoms with van der Waals surface area (Å²) < 4.78 is 0. The van der Waals surface area contributed by atoms with Crippen LogP contribution in [0, 0.1) is 0 Å². The van der Waals surface area contributed by atoms with Gasteiger partial charge in [-0.05, 0) is 29.7 Å². The summed E-state index contributed by atoms with van der Waals surface area (Å²) in [7, 11) is 1.73. The number of phenols is 1. The van der Waals surface area contributed by atoms with Gasteiger partial charge in [-0.3, -0.25) is 4.79 Å². The number of nitrogens with zero attached hydrogens (tertiary/aromatic N) is 1. The summed E-state index contributed by atoms with van der Waals surface area (Å²) in [6, 6.07) is 12.4. The zero-order valence-corrected chi connectivity index (χ0v) is 13.7. The second-order valence-electron chi connectivity index (χ2n) is 5.09. The predicted octanol–water partition coefficient (Wildman–Crippen LogP) is 4.29. The van der Waals surface area contributed by atoms with Crippen molar-refractivity contribution in [3.63, 3.8) is 0 Å². The fraction of sp³-hybridized carbons (Fsp3) is 0.235. The summed E-state index contributed by atoms with van der Waals surface area (Å²) in [5.41, 5.74) is 1.58. The first kappa shape index (κ1) is 16.7. The van der Waals surface area contributed by atoms with Crippen LogP contribution < -0.4 is 0 Å². The fourth-order valence-corrected chi connectivity index (χ4v) is 2.55. The van der Waals surface area contributed by atoms with Crippen molar-refractivity contribution in [2.75, 3.05) is 7.05 Å². The van der Waals surface area contributed by atoms with Crippen molar-refractivity contribution in [2.45, 2.75) is 19.4 Å². The third kappa shape index (κ3) is 4.15. The average molecular weight is 338 g/mol. The Labute approximate surface area is 140 Å². The van der Waals surface area contributed by atoms with E-state index in [9.17, 15) is 9.90 Å². The number of hydrogen-bond donors (Lipinski definition) is 1. The molecule has 0 saturated heterocycles. The Morgan fingerprint density at radius 3 is 2.50 bits per heavy atom. The lowest BCUT2D eigenvalue weighted by molar-refractivity contribution is -0.130. The van der Waals surface area contributed by atoms with E-state index in [4.69, 9.17) is 23.2 Å². The van der Waals surface area contributed by atoms with E-state index in [1.54, 1.807) is 30.1 Å². The van der Waals surface area contributed by atoms with Crippen LogP contribution in [0.4, 0.5) is 0 Å². The van der Waals surface area contributed by atoms with Gasteiger partial charge in [0.1, 0.15) is 5.75 Å². The molecular weight excluding hydrogens is 321 g/mol. The van der Waals surface area contributed by atoms with Crippen molar-refractivity contribution in [1.29, 1.82) is 0 Å². The Kier molecular flexibility index (Phi) is 5.69. The smallest absolute Gasteiger partial charge is 0.222 e. The lowest BCUT2D eigenvalue weighted by atomic mass is 10.1. The molecule has 0 aromatic heterocycles. The molecule has 0 fully saturated rings. The number of aryl methyl sites for hydroxylation is 1. The molecule has 0 bridgehead atoms. The van der Waals surface area contributed by atoms with Crippen LogP contribution in [0.5, 0.6) is 5.75 Å². The number of hydrogen-bond acceptors (Lipinski definition) is 2. The Balaban J connectivity index is 1.95. The molecule has 116 valence electrons. The molecule has 2 aromatic carbocycles. The predicted molar refractivity (Wildman–Crippen MR) is 89.4 cm³/mol. The molecule has 0 aliphatic rings. The molecule has 0 radical (unpaired) electrons. The van der Waals surface area contributed by atoms with Gasteiger partial charge in [0, 0.05) is 20.0 Å². The summed E-state index contributed by atoms with van der Waals surface area (Å²) in [5, 5.41) is 10.7. The molecule has 5 heteroatoms. The Morgan fingerprint density at radius 1 is 1.09 bits per heavy atom. The monoisotopic (exact) mass is 337 g/mol. The third-order valence-corrected chi connectivity index (χ3v) is 4.32. The highest BCUT2D eigenvalue weighted by atomic mass is 35.5. The van der Waals surface area contributed by atoms with Gasteiger partial charge in [0.25, 0.3) is 0 Å². The molecule has 0 spiro atoms. The SMILES string of the molecule is CN(Cc1cccc(Cl)c1Cl)C(=O)CCc1ccccc1O. The standard InChI is InChI=1S/C17H17Cl2NO2/c1-20(11-13-6-4-7-14(18)17(13)19)16(22)10-9-12-5-2-3-8-15(12)21/h2-8,21H,9-11H2,1H3. The number of phenolic OH excluding ortho intramolecular Hbond substituents is 1. The van der Waals surface area contributed by atoms with Crippen molar-refractivity contribution in [1.82, 2.24) is 4.90 Å². The summed E-state index contributed by atoms with van der Waals surface area (Å²) in [5.74, 6) is 0.204. The molecule has 0 saturated carbocycles. The summed E-state index contributed by atoms with van der Waals surface area (Å²) >= 11 is 12.1. The van der Waals surface area contributed by atoms with Crippen LogP contribution in [-0.4, -0.2) is 23.0 Å². The molecule has 0 atom stereocenters. The van der Waals surface area contributed by atoms with Gasteiger partial charge < -0.3 is 10.0 Å². The highest BCUT2D eigenvalue weighted by Gasteiger charge is 2.13. The summed E-state index contributed by atoms with van der Waals surface area (Å²) in [6.45, 7) is 0.402. The number of halogens is 2. The summed E-state index contributed by atoms with van der Waals surface area (Å²) in [6.07, 6.45) is 0.825. The van der Waals surface area contributed by atoms with Gasteiger partial charge in [-0.1, -0.05) is 53.5 Å². The maximum atomic E-state index is 12.2. The van der Waals surface area contributed by atoms with Crippen molar-refractivity contribution < 1.29 is 9.90 Å². The molecule has 1 amide bonds. The largest absolute Gasteiger partial charge is 0.508 e. The van der Waals surface area contributed by atoms with Crippen LogP contribution in [0.2, 0.25) is 10.0 Å². The first-order valence-electron chi connectivity index (χ1n) is 6.92. The highest BCUT2D eigenvalue weighted by molar-refractivity contribution is 6.42. The van der Waals surface area contributed by atoms with E-state index in [-0.39, 0.29) is 11.7 Å². The minimum Gasteiger partial charge on any atom is -0.508 e. The molecule has 2 aromatic rings. The number of carbonyl (C=O) groups is 1. The first-order chi connectivity index (χ1) is 10.5. The van der Waals surface area contributed by atoms with Crippen LogP contribution in [0.25, 0.3) is 0 Å². The zero-order chi connectivity index (χ0) is 16.1. The third-order valence-electron chi connectivity index (χ3n) is 3.46. The first-order valence-corrected chi connectivity index (χ1v) is 7.68. The van der Waals surface area contributed by atoms with Crippen LogP contribution >= 0.6 is 23.2 Å². The van der Waals surface area contributed by atoms with Gasteiger partial charge in [-0.25, -0.2) is 0 Å². The van der Waals surface area contributed by atoms with Crippen LogP contribution in [0.3, 0.4) is 0 Å². The van der Waals surface area contributed by atoms with E-state index < -0.39 is 0 Å². The lowest BCUT2D eigenvalue weighted by Gasteiger charge is -2.18. The van der Waals surface area contributed by atoms with Crippen molar-refractivity contribution >= 4 is 29.1 Å². The normalized spacial score (nSPS) is 10.5. The number of aromatic hydroxyl groups is 1. The van der Waals surface area contributed by atoms with E-state index >= 15 is 0 Å². The van der Waals surface area contributed by atoms with E-state index in [1.807, 2.05) is 24.3 Å². The van der Waals surface area contributed by atoms with Crippen LogP contribution in [-0.2, 0) is 17.8 Å². The molecule has 0 unspecified atom stereocenters.